The number of benzene rings is 2. The quantitative estimate of drug-likeness (QED) is 0.682. The van der Waals surface area contributed by atoms with Crippen molar-refractivity contribution in [1.82, 2.24) is 9.36 Å². The van der Waals surface area contributed by atoms with Gasteiger partial charge in [-0.1, -0.05) is 41.4 Å². The molecular weight excluding hydrogens is 370 g/mol. The lowest BCUT2D eigenvalue weighted by molar-refractivity contribution is -0.118. The molecule has 26 heavy (non-hydrogen) atoms. The van der Waals surface area contributed by atoms with E-state index in [9.17, 15) is 4.79 Å². The average Bonchev–Trinajstić information content (AvgIpc) is 3.06. The third-order valence-corrected chi connectivity index (χ3v) is 4.99. The molecule has 0 aliphatic carbocycles. The van der Waals surface area contributed by atoms with Gasteiger partial charge in [-0.2, -0.15) is 9.36 Å². The highest BCUT2D eigenvalue weighted by Crippen LogP contribution is 2.26. The van der Waals surface area contributed by atoms with Crippen molar-refractivity contribution in [2.75, 3.05) is 11.9 Å². The van der Waals surface area contributed by atoms with Crippen LogP contribution in [0.15, 0.2) is 36.4 Å². The van der Waals surface area contributed by atoms with Gasteiger partial charge in [0.1, 0.15) is 5.75 Å². The first-order valence-electron chi connectivity index (χ1n) is 8.02. The van der Waals surface area contributed by atoms with E-state index >= 15 is 0 Å². The second kappa shape index (κ2) is 7.85. The first-order valence-corrected chi connectivity index (χ1v) is 9.17. The van der Waals surface area contributed by atoms with Crippen molar-refractivity contribution >= 4 is 34.2 Å². The molecule has 1 amide bonds. The zero-order chi connectivity index (χ0) is 18.7. The topological polar surface area (TPSA) is 64.1 Å². The monoisotopic (exact) mass is 387 g/mol. The molecule has 0 atom stereocenters. The van der Waals surface area contributed by atoms with Crippen molar-refractivity contribution in [3.8, 4) is 17.1 Å². The van der Waals surface area contributed by atoms with Gasteiger partial charge in [-0.15, -0.1) is 0 Å². The molecule has 0 spiro atoms. The molecule has 3 aromatic rings. The number of nitrogens with one attached hydrogen (secondary N) is 1. The Morgan fingerprint density at radius 3 is 2.46 bits per heavy atom. The molecule has 5 nitrogen and oxygen atoms in total. The number of aromatic nitrogens is 2. The van der Waals surface area contributed by atoms with Crippen molar-refractivity contribution in [3.05, 3.63) is 58.1 Å². The van der Waals surface area contributed by atoms with Crippen LogP contribution in [0.25, 0.3) is 11.4 Å². The Hall–Kier alpha value is -2.44. The van der Waals surface area contributed by atoms with Crippen LogP contribution in [0.3, 0.4) is 0 Å². The number of halogens is 1. The summed E-state index contributed by atoms with van der Waals surface area (Å²) < 4.78 is 9.83. The van der Waals surface area contributed by atoms with Crippen LogP contribution in [-0.4, -0.2) is 21.9 Å². The molecule has 0 radical (unpaired) electrons. The van der Waals surface area contributed by atoms with E-state index in [1.54, 1.807) is 0 Å². The van der Waals surface area contributed by atoms with Crippen LogP contribution in [0.1, 0.15) is 16.7 Å². The predicted octanol–water partition coefficient (Wildman–Crippen LogP) is 4.80. The van der Waals surface area contributed by atoms with E-state index in [4.69, 9.17) is 16.3 Å². The number of hydrogen-bond acceptors (Lipinski definition) is 5. The van der Waals surface area contributed by atoms with E-state index in [2.05, 4.69) is 14.7 Å². The molecule has 0 bridgehead atoms. The molecule has 2 aromatic carbocycles. The van der Waals surface area contributed by atoms with Gasteiger partial charge >= 0.3 is 0 Å². The van der Waals surface area contributed by atoms with Gasteiger partial charge in [0.05, 0.1) is 0 Å². The van der Waals surface area contributed by atoms with E-state index in [-0.39, 0.29) is 12.5 Å². The summed E-state index contributed by atoms with van der Waals surface area (Å²) in [6, 6.07) is 11.5. The van der Waals surface area contributed by atoms with Crippen LogP contribution < -0.4 is 10.1 Å². The maximum Gasteiger partial charge on any atom is 0.264 e. The van der Waals surface area contributed by atoms with Gasteiger partial charge < -0.3 is 4.74 Å². The number of rotatable bonds is 5. The fourth-order valence-corrected chi connectivity index (χ4v) is 3.10. The Morgan fingerprint density at radius 2 is 1.81 bits per heavy atom. The number of carbonyl (C=O) groups is 1. The van der Waals surface area contributed by atoms with Crippen LogP contribution >= 0.6 is 23.1 Å². The van der Waals surface area contributed by atoms with Gasteiger partial charge in [0.15, 0.2) is 12.4 Å². The fourth-order valence-electron chi connectivity index (χ4n) is 2.39. The number of carbonyl (C=O) groups excluding carboxylic acids is 1. The maximum absolute atomic E-state index is 12.1. The summed E-state index contributed by atoms with van der Waals surface area (Å²) >= 11 is 7.27. The number of amides is 1. The first-order chi connectivity index (χ1) is 12.4. The van der Waals surface area contributed by atoms with Crippen molar-refractivity contribution < 1.29 is 9.53 Å². The normalized spacial score (nSPS) is 10.6. The van der Waals surface area contributed by atoms with E-state index < -0.39 is 0 Å². The molecule has 0 saturated heterocycles. The zero-order valence-electron chi connectivity index (χ0n) is 14.7. The minimum Gasteiger partial charge on any atom is -0.484 e. The van der Waals surface area contributed by atoms with Crippen LogP contribution in [0.5, 0.6) is 5.75 Å². The lowest BCUT2D eigenvalue weighted by atomic mass is 10.1. The number of ether oxygens (including phenoxy) is 1. The van der Waals surface area contributed by atoms with Gasteiger partial charge in [-0.3, -0.25) is 10.1 Å². The molecule has 0 fully saturated rings. The number of anilines is 1. The Bertz CT molecular complexity index is 915. The van der Waals surface area contributed by atoms with Gasteiger partial charge in [0, 0.05) is 22.1 Å². The van der Waals surface area contributed by atoms with Gasteiger partial charge in [-0.05, 0) is 44.0 Å². The van der Waals surface area contributed by atoms with E-state index in [1.165, 1.54) is 5.56 Å². The smallest absolute Gasteiger partial charge is 0.264 e. The second-order valence-electron chi connectivity index (χ2n) is 6.00. The van der Waals surface area contributed by atoms with E-state index in [0.717, 1.165) is 28.2 Å². The lowest BCUT2D eigenvalue weighted by Crippen LogP contribution is -2.20. The molecule has 0 saturated carbocycles. The molecule has 0 aliphatic heterocycles. The Kier molecular flexibility index (Phi) is 5.54. The van der Waals surface area contributed by atoms with Crippen molar-refractivity contribution in [2.45, 2.75) is 20.8 Å². The molecule has 3 rings (SSSR count). The summed E-state index contributed by atoms with van der Waals surface area (Å²) in [6.07, 6.45) is 0. The summed E-state index contributed by atoms with van der Waals surface area (Å²) in [5.74, 6) is 0.911. The Balaban J connectivity index is 1.59. The first kappa shape index (κ1) is 18.4. The van der Waals surface area contributed by atoms with Gasteiger partial charge in [0.25, 0.3) is 5.91 Å². The average molecular weight is 388 g/mol. The lowest BCUT2D eigenvalue weighted by Gasteiger charge is -2.09. The maximum atomic E-state index is 12.1. The van der Waals surface area contributed by atoms with Crippen molar-refractivity contribution in [3.63, 3.8) is 0 Å². The molecule has 1 N–H and O–H groups in total. The predicted molar refractivity (Wildman–Crippen MR) is 105 cm³/mol. The molecule has 1 heterocycles. The standard InChI is InChI=1S/C19H18ClN3O2S/c1-11-4-6-14(7-5-11)18-22-19(26-23-18)21-16(24)10-25-15-8-12(2)17(20)13(3)9-15/h4-9H,10H2,1-3H3,(H,21,22,23,24). The molecule has 0 aliphatic rings. The van der Waals surface area contributed by atoms with Crippen LogP contribution in [0, 0.1) is 20.8 Å². The van der Waals surface area contributed by atoms with Crippen molar-refractivity contribution in [2.24, 2.45) is 0 Å². The van der Waals surface area contributed by atoms with Crippen LogP contribution in [0.2, 0.25) is 5.02 Å². The van der Waals surface area contributed by atoms with Crippen LogP contribution in [0.4, 0.5) is 5.13 Å². The molecule has 1 aromatic heterocycles. The minimum atomic E-state index is -0.290. The second-order valence-corrected chi connectivity index (χ2v) is 7.13. The summed E-state index contributed by atoms with van der Waals surface area (Å²) in [7, 11) is 0. The fraction of sp³-hybridized carbons (Fsp3) is 0.211. The number of aryl methyl sites for hydroxylation is 3. The Morgan fingerprint density at radius 1 is 1.15 bits per heavy atom. The molecular formula is C19H18ClN3O2S. The highest BCUT2D eigenvalue weighted by molar-refractivity contribution is 7.10. The molecule has 7 heteroatoms. The summed E-state index contributed by atoms with van der Waals surface area (Å²) in [6.45, 7) is 5.71. The third-order valence-electron chi connectivity index (χ3n) is 3.76. The van der Waals surface area contributed by atoms with Gasteiger partial charge in [0.2, 0.25) is 5.13 Å². The van der Waals surface area contributed by atoms with Crippen LogP contribution in [-0.2, 0) is 4.79 Å². The molecule has 134 valence electrons. The highest BCUT2D eigenvalue weighted by Gasteiger charge is 2.11. The highest BCUT2D eigenvalue weighted by atomic mass is 35.5. The minimum absolute atomic E-state index is 0.111. The SMILES string of the molecule is Cc1ccc(-c2nsc(NC(=O)COc3cc(C)c(Cl)c(C)c3)n2)cc1. The van der Waals surface area contributed by atoms with Crippen molar-refractivity contribution in [1.29, 1.82) is 0 Å². The van der Waals surface area contributed by atoms with E-state index in [1.807, 2.05) is 57.2 Å². The number of nitrogens with zero attached hydrogens (tertiary/aromatic N) is 2. The molecule has 0 unspecified atom stereocenters. The largest absolute Gasteiger partial charge is 0.484 e. The third kappa shape index (κ3) is 4.39. The zero-order valence-corrected chi connectivity index (χ0v) is 16.2. The van der Waals surface area contributed by atoms with E-state index in [0.29, 0.717) is 21.7 Å². The number of hydrogen-bond donors (Lipinski definition) is 1. The summed E-state index contributed by atoms with van der Waals surface area (Å²) in [5, 5.41) is 3.86. The summed E-state index contributed by atoms with van der Waals surface area (Å²) in [4.78, 5) is 16.4. The van der Waals surface area contributed by atoms with Gasteiger partial charge in [-0.25, -0.2) is 0 Å². The Labute approximate surface area is 161 Å². The summed E-state index contributed by atoms with van der Waals surface area (Å²) in [5.41, 5.74) is 3.90.